The van der Waals surface area contributed by atoms with Crippen molar-refractivity contribution >= 4 is 5.95 Å². The number of hydrogen-bond acceptors (Lipinski definition) is 6. The van der Waals surface area contributed by atoms with Gasteiger partial charge in [-0.25, -0.2) is 9.89 Å². The maximum atomic E-state index is 13.1. The van der Waals surface area contributed by atoms with Crippen molar-refractivity contribution in [1.29, 1.82) is 0 Å². The fourth-order valence-electron chi connectivity index (χ4n) is 3.68. The van der Waals surface area contributed by atoms with Crippen molar-refractivity contribution in [2.75, 3.05) is 24.7 Å². The van der Waals surface area contributed by atoms with E-state index in [9.17, 15) is 23.1 Å². The second-order valence-electron chi connectivity index (χ2n) is 7.21. The number of ether oxygens (including phenoxy) is 2. The van der Waals surface area contributed by atoms with Gasteiger partial charge in [0, 0.05) is 6.54 Å². The Balaban J connectivity index is 1.66. The van der Waals surface area contributed by atoms with Crippen LogP contribution in [-0.4, -0.2) is 46.3 Å². The van der Waals surface area contributed by atoms with Gasteiger partial charge in [-0.2, -0.15) is 18.2 Å². The van der Waals surface area contributed by atoms with Crippen LogP contribution in [0, 0.1) is 0 Å². The van der Waals surface area contributed by atoms with Crippen LogP contribution in [0.25, 0.3) is 0 Å². The third kappa shape index (κ3) is 4.69. The first-order valence-corrected chi connectivity index (χ1v) is 9.88. The van der Waals surface area contributed by atoms with Crippen molar-refractivity contribution in [3.8, 4) is 0 Å². The Kier molecular flexibility index (Phi) is 6.31. The van der Waals surface area contributed by atoms with Crippen LogP contribution < -0.4 is 10.6 Å². The van der Waals surface area contributed by atoms with Crippen LogP contribution in [0.4, 0.5) is 19.1 Å². The first kappa shape index (κ1) is 22.1. The third-order valence-electron chi connectivity index (χ3n) is 5.16. The summed E-state index contributed by atoms with van der Waals surface area (Å²) in [5.41, 5.74) is -0.435. The largest absolute Gasteiger partial charge is 0.416 e. The van der Waals surface area contributed by atoms with Crippen molar-refractivity contribution in [1.82, 2.24) is 15.2 Å². The van der Waals surface area contributed by atoms with Crippen LogP contribution in [0.1, 0.15) is 28.8 Å². The number of alkyl halides is 3. The Morgan fingerprint density at radius 3 is 2.62 bits per heavy atom. The molecular formula is C21H21F3N4O4. The number of nitrogens with one attached hydrogen (secondary N) is 2. The molecule has 0 saturated carbocycles. The fraction of sp³-hybridized carbons (Fsp3) is 0.333. The van der Waals surface area contributed by atoms with E-state index in [1.807, 2.05) is 30.3 Å². The second-order valence-corrected chi connectivity index (χ2v) is 7.21. The SMILES string of the molecule is O=c1nc(N2CCO[C@H](OC(CO)c3cccc(C(F)(F)F)c3)[C@@H]2c2ccccc2)[nH][nH]1. The Labute approximate surface area is 180 Å². The predicted molar refractivity (Wildman–Crippen MR) is 108 cm³/mol. The zero-order valence-corrected chi connectivity index (χ0v) is 16.7. The minimum Gasteiger partial charge on any atom is -0.393 e. The normalized spacial score (nSPS) is 20.3. The van der Waals surface area contributed by atoms with Crippen LogP contribution in [0.5, 0.6) is 0 Å². The zero-order valence-electron chi connectivity index (χ0n) is 16.7. The van der Waals surface area contributed by atoms with E-state index in [0.29, 0.717) is 6.54 Å². The summed E-state index contributed by atoms with van der Waals surface area (Å²) in [4.78, 5) is 17.3. The van der Waals surface area contributed by atoms with Gasteiger partial charge in [-0.05, 0) is 23.3 Å². The minimum absolute atomic E-state index is 0.169. The van der Waals surface area contributed by atoms with E-state index in [1.54, 1.807) is 4.90 Å². The number of rotatable bonds is 6. The molecule has 0 bridgehead atoms. The Bertz CT molecular complexity index is 1090. The molecule has 1 fully saturated rings. The summed E-state index contributed by atoms with van der Waals surface area (Å²) in [7, 11) is 0. The Morgan fingerprint density at radius 1 is 1.19 bits per heavy atom. The number of aromatic nitrogens is 3. The number of benzene rings is 2. The summed E-state index contributed by atoms with van der Waals surface area (Å²) in [5, 5.41) is 15.0. The van der Waals surface area contributed by atoms with Gasteiger partial charge in [0.1, 0.15) is 12.1 Å². The van der Waals surface area contributed by atoms with Gasteiger partial charge in [-0.3, -0.25) is 5.10 Å². The van der Waals surface area contributed by atoms with Gasteiger partial charge in [-0.15, -0.1) is 0 Å². The first-order valence-electron chi connectivity index (χ1n) is 9.88. The van der Waals surface area contributed by atoms with Crippen molar-refractivity contribution in [3.63, 3.8) is 0 Å². The third-order valence-corrected chi connectivity index (χ3v) is 5.16. The van der Waals surface area contributed by atoms with Gasteiger partial charge in [0.05, 0.1) is 18.8 Å². The molecule has 11 heteroatoms. The highest BCUT2D eigenvalue weighted by molar-refractivity contribution is 5.37. The zero-order chi connectivity index (χ0) is 22.7. The number of aliphatic hydroxyl groups is 1. The maximum Gasteiger partial charge on any atom is 0.416 e. The second kappa shape index (κ2) is 9.15. The highest BCUT2D eigenvalue weighted by atomic mass is 19.4. The van der Waals surface area contributed by atoms with Crippen molar-refractivity contribution < 1.29 is 27.8 Å². The van der Waals surface area contributed by atoms with Crippen LogP contribution >= 0.6 is 0 Å². The van der Waals surface area contributed by atoms with E-state index in [0.717, 1.165) is 17.7 Å². The molecule has 8 nitrogen and oxygen atoms in total. The predicted octanol–water partition coefficient (Wildman–Crippen LogP) is 2.77. The van der Waals surface area contributed by atoms with E-state index < -0.39 is 42.5 Å². The number of H-pyrrole nitrogens is 2. The molecule has 3 aromatic rings. The van der Waals surface area contributed by atoms with Gasteiger partial charge >= 0.3 is 11.9 Å². The number of hydrogen-bond donors (Lipinski definition) is 3. The summed E-state index contributed by atoms with van der Waals surface area (Å²) in [6.45, 7) is 0.0408. The number of halogens is 3. The van der Waals surface area contributed by atoms with E-state index in [2.05, 4.69) is 15.2 Å². The maximum absolute atomic E-state index is 13.1. The lowest BCUT2D eigenvalue weighted by Gasteiger charge is -2.41. The van der Waals surface area contributed by atoms with Crippen molar-refractivity contribution in [2.45, 2.75) is 24.6 Å². The molecule has 1 aromatic heterocycles. The molecule has 0 aliphatic carbocycles. The van der Waals surface area contributed by atoms with E-state index in [-0.39, 0.29) is 18.1 Å². The van der Waals surface area contributed by atoms with E-state index in [4.69, 9.17) is 9.47 Å². The highest BCUT2D eigenvalue weighted by Gasteiger charge is 2.38. The number of nitrogens with zero attached hydrogens (tertiary/aromatic N) is 2. The lowest BCUT2D eigenvalue weighted by molar-refractivity contribution is -0.203. The standard InChI is InChI=1S/C21H21F3N4O4/c22-21(23,24)15-8-4-7-14(11-15)16(12-29)32-18-17(13-5-2-1-3-6-13)28(9-10-31-18)19-25-20(30)27-26-19/h1-8,11,16-18,29H,9-10,12H2,(H2,25,26,27,30)/t16?,17-,18+/m0/s1. The van der Waals surface area contributed by atoms with Crippen LogP contribution in [-0.2, 0) is 15.7 Å². The summed E-state index contributed by atoms with van der Waals surface area (Å²) in [5.74, 6) is 0.278. The summed E-state index contributed by atoms with van der Waals surface area (Å²) in [6, 6.07) is 13.2. The molecule has 1 aliphatic heterocycles. The molecule has 0 amide bonds. The molecular weight excluding hydrogens is 429 g/mol. The Morgan fingerprint density at radius 2 is 1.97 bits per heavy atom. The van der Waals surface area contributed by atoms with Gasteiger partial charge in [0.15, 0.2) is 6.29 Å². The van der Waals surface area contributed by atoms with Crippen LogP contribution in [0.3, 0.4) is 0 Å². The average Bonchev–Trinajstić information content (AvgIpc) is 3.23. The summed E-state index contributed by atoms with van der Waals surface area (Å²) >= 11 is 0. The van der Waals surface area contributed by atoms with Crippen LogP contribution in [0.15, 0.2) is 59.4 Å². The van der Waals surface area contributed by atoms with Crippen molar-refractivity contribution in [2.24, 2.45) is 0 Å². The minimum atomic E-state index is -4.52. The molecule has 170 valence electrons. The average molecular weight is 450 g/mol. The van der Waals surface area contributed by atoms with Gasteiger partial charge < -0.3 is 19.5 Å². The summed E-state index contributed by atoms with van der Waals surface area (Å²) < 4.78 is 51.3. The van der Waals surface area contributed by atoms with Gasteiger partial charge in [-0.1, -0.05) is 42.5 Å². The molecule has 1 aliphatic rings. The number of anilines is 1. The molecule has 2 aromatic carbocycles. The summed E-state index contributed by atoms with van der Waals surface area (Å²) in [6.07, 6.45) is -6.54. The van der Waals surface area contributed by atoms with E-state index >= 15 is 0 Å². The quantitative estimate of drug-likeness (QED) is 0.534. The lowest BCUT2D eigenvalue weighted by Crippen LogP contribution is -2.47. The van der Waals surface area contributed by atoms with Crippen LogP contribution in [0.2, 0.25) is 0 Å². The molecule has 2 heterocycles. The number of aliphatic hydroxyl groups excluding tert-OH is 1. The lowest BCUT2D eigenvalue weighted by atomic mass is 10.0. The molecule has 1 saturated heterocycles. The van der Waals surface area contributed by atoms with Gasteiger partial charge in [0.2, 0.25) is 5.95 Å². The topological polar surface area (TPSA) is 103 Å². The highest BCUT2D eigenvalue weighted by Crippen LogP contribution is 2.36. The molecule has 32 heavy (non-hydrogen) atoms. The number of morpholine rings is 1. The fourth-order valence-corrected chi connectivity index (χ4v) is 3.68. The molecule has 3 atom stereocenters. The Hall–Kier alpha value is -3.15. The molecule has 4 rings (SSSR count). The molecule has 0 spiro atoms. The smallest absolute Gasteiger partial charge is 0.393 e. The first-order chi connectivity index (χ1) is 15.4. The van der Waals surface area contributed by atoms with Crippen molar-refractivity contribution in [3.05, 3.63) is 81.8 Å². The van der Waals surface area contributed by atoms with Gasteiger partial charge in [0.25, 0.3) is 0 Å². The molecule has 0 radical (unpaired) electrons. The molecule has 3 N–H and O–H groups in total. The monoisotopic (exact) mass is 450 g/mol. The van der Waals surface area contributed by atoms with E-state index in [1.165, 1.54) is 12.1 Å². The molecule has 1 unspecified atom stereocenters. The number of aromatic amines is 2.